The zero-order chi connectivity index (χ0) is 10.9. The molecule has 0 aromatic rings. The van der Waals surface area contributed by atoms with Crippen LogP contribution in [0.25, 0.3) is 0 Å². The average molecular weight is 206 g/mol. The third kappa shape index (κ3) is 2.24. The molecule has 7 heteroatoms. The van der Waals surface area contributed by atoms with E-state index in [-0.39, 0.29) is 0 Å². The lowest BCUT2D eigenvalue weighted by Gasteiger charge is -2.14. The molecule has 1 N–H and O–H groups in total. The molecule has 0 saturated carbocycles. The molecule has 0 aliphatic carbocycles. The molecule has 0 aromatic carbocycles. The molecule has 78 valence electrons. The molecular weight excluding hydrogens is 198 g/mol. The Balaban J connectivity index is 2.57. The molecule has 0 bridgehead atoms. The van der Waals surface area contributed by atoms with Crippen LogP contribution in [0.2, 0.25) is 0 Å². The first kappa shape index (κ1) is 10.6. The second kappa shape index (κ2) is 3.32. The number of nitrogens with zero attached hydrogens (tertiary/aromatic N) is 1. The van der Waals surface area contributed by atoms with Gasteiger partial charge in [0.2, 0.25) is 5.92 Å². The summed E-state index contributed by atoms with van der Waals surface area (Å²) in [6, 6.07) is -0.941. The first-order chi connectivity index (χ1) is 6.31. The Morgan fingerprint density at radius 2 is 1.93 bits per heavy atom. The van der Waals surface area contributed by atoms with Crippen LogP contribution in [0.1, 0.15) is 13.3 Å². The highest BCUT2D eigenvalue weighted by molar-refractivity contribution is 6.44. The highest BCUT2D eigenvalue weighted by atomic mass is 19.3. The van der Waals surface area contributed by atoms with Gasteiger partial charge in [-0.15, -0.1) is 0 Å². The van der Waals surface area contributed by atoms with Crippen LogP contribution in [-0.2, 0) is 9.59 Å². The van der Waals surface area contributed by atoms with Gasteiger partial charge in [0.25, 0.3) is 0 Å². The molecule has 1 rings (SSSR count). The number of alkyl halides is 2. The zero-order valence-corrected chi connectivity index (χ0v) is 7.34. The lowest BCUT2D eigenvalue weighted by Crippen LogP contribution is -2.34. The molecule has 0 spiro atoms. The van der Waals surface area contributed by atoms with E-state index in [0.29, 0.717) is 11.8 Å². The maximum absolute atomic E-state index is 12.4. The lowest BCUT2D eigenvalue weighted by atomic mass is 10.2. The Morgan fingerprint density at radius 1 is 1.36 bits per heavy atom. The first-order valence-corrected chi connectivity index (χ1v) is 3.86. The molecular formula is C7H8F2N2O3. The number of urea groups is 1. The van der Waals surface area contributed by atoms with Gasteiger partial charge in [0.15, 0.2) is 0 Å². The molecule has 1 heterocycles. The van der Waals surface area contributed by atoms with Crippen molar-refractivity contribution in [2.75, 3.05) is 6.54 Å². The number of carbonyl (C=O) groups excluding carboxylic acids is 3. The van der Waals surface area contributed by atoms with E-state index in [2.05, 4.69) is 0 Å². The summed E-state index contributed by atoms with van der Waals surface area (Å²) in [5, 5.41) is 1.71. The smallest absolute Gasteiger partial charge is 0.269 e. The van der Waals surface area contributed by atoms with Crippen molar-refractivity contribution in [3.8, 4) is 0 Å². The van der Waals surface area contributed by atoms with Crippen LogP contribution < -0.4 is 5.32 Å². The molecule has 0 aromatic heterocycles. The molecule has 1 fully saturated rings. The van der Waals surface area contributed by atoms with Gasteiger partial charge >= 0.3 is 17.8 Å². The zero-order valence-electron chi connectivity index (χ0n) is 7.34. The molecule has 5 nitrogen and oxygen atoms in total. The number of imide groups is 2. The van der Waals surface area contributed by atoms with Crippen LogP contribution in [0.4, 0.5) is 13.6 Å². The van der Waals surface area contributed by atoms with Crippen LogP contribution in [0.5, 0.6) is 0 Å². The maximum Gasteiger partial charge on any atom is 0.331 e. The van der Waals surface area contributed by atoms with Gasteiger partial charge in [-0.05, 0) is 6.92 Å². The van der Waals surface area contributed by atoms with E-state index in [1.54, 1.807) is 5.32 Å². The predicted molar refractivity (Wildman–Crippen MR) is 40.5 cm³/mol. The summed E-state index contributed by atoms with van der Waals surface area (Å²) in [7, 11) is 0. The summed E-state index contributed by atoms with van der Waals surface area (Å²) in [5.74, 6) is -5.12. The highest BCUT2D eigenvalue weighted by Gasteiger charge is 2.38. The van der Waals surface area contributed by atoms with E-state index in [1.807, 2.05) is 0 Å². The van der Waals surface area contributed by atoms with Crippen LogP contribution in [-0.4, -0.2) is 35.2 Å². The van der Waals surface area contributed by atoms with Crippen LogP contribution >= 0.6 is 0 Å². The fourth-order valence-electron chi connectivity index (χ4n) is 0.944. The van der Waals surface area contributed by atoms with Crippen molar-refractivity contribution in [1.29, 1.82) is 0 Å². The minimum Gasteiger partial charge on any atom is -0.269 e. The summed E-state index contributed by atoms with van der Waals surface area (Å²) >= 11 is 0. The Bertz CT molecular complexity index is 298. The van der Waals surface area contributed by atoms with Gasteiger partial charge in [-0.1, -0.05) is 0 Å². The van der Waals surface area contributed by atoms with Crippen molar-refractivity contribution < 1.29 is 23.2 Å². The third-order valence-corrected chi connectivity index (χ3v) is 1.68. The van der Waals surface area contributed by atoms with E-state index >= 15 is 0 Å². The van der Waals surface area contributed by atoms with Gasteiger partial charge in [0.1, 0.15) is 0 Å². The Kier molecular flexibility index (Phi) is 2.50. The summed E-state index contributed by atoms with van der Waals surface area (Å²) in [5.41, 5.74) is 0. The van der Waals surface area contributed by atoms with Gasteiger partial charge in [0, 0.05) is 13.0 Å². The van der Waals surface area contributed by atoms with Gasteiger partial charge < -0.3 is 0 Å². The number of hydrogen-bond acceptors (Lipinski definition) is 3. The van der Waals surface area contributed by atoms with Crippen molar-refractivity contribution >= 4 is 17.8 Å². The van der Waals surface area contributed by atoms with Crippen LogP contribution in [0, 0.1) is 0 Å². The molecule has 0 radical (unpaired) electrons. The van der Waals surface area contributed by atoms with Gasteiger partial charge in [-0.25, -0.2) is 13.6 Å². The molecule has 0 atom stereocenters. The van der Waals surface area contributed by atoms with Gasteiger partial charge in [-0.2, -0.15) is 0 Å². The SMILES string of the molecule is CC(F)(F)CCN1C(=O)NC(=O)C1=O. The van der Waals surface area contributed by atoms with Crippen LogP contribution in [0.3, 0.4) is 0 Å². The topological polar surface area (TPSA) is 66.5 Å². The number of amides is 4. The Hall–Kier alpha value is -1.53. The van der Waals surface area contributed by atoms with Crippen molar-refractivity contribution in [3.05, 3.63) is 0 Å². The summed E-state index contributed by atoms with van der Waals surface area (Å²) in [6.07, 6.45) is -0.653. The quantitative estimate of drug-likeness (QED) is 0.526. The fraction of sp³-hybridized carbons (Fsp3) is 0.571. The average Bonchev–Trinajstić information content (AvgIpc) is 2.23. The number of carbonyl (C=O) groups is 3. The second-order valence-electron chi connectivity index (χ2n) is 3.04. The molecule has 0 unspecified atom stereocenters. The van der Waals surface area contributed by atoms with Crippen molar-refractivity contribution in [1.82, 2.24) is 10.2 Å². The van der Waals surface area contributed by atoms with E-state index in [0.717, 1.165) is 0 Å². The molecule has 1 aliphatic rings. The minimum absolute atomic E-state index is 0.458. The van der Waals surface area contributed by atoms with Crippen molar-refractivity contribution in [2.45, 2.75) is 19.3 Å². The first-order valence-electron chi connectivity index (χ1n) is 3.86. The molecule has 1 aliphatic heterocycles. The van der Waals surface area contributed by atoms with E-state index in [1.165, 1.54) is 0 Å². The van der Waals surface area contributed by atoms with E-state index in [4.69, 9.17) is 0 Å². The predicted octanol–water partition coefficient (Wildman–Crippen LogP) is 0.110. The highest BCUT2D eigenvalue weighted by Crippen LogP contribution is 2.17. The van der Waals surface area contributed by atoms with Crippen LogP contribution in [0.15, 0.2) is 0 Å². The fourth-order valence-corrected chi connectivity index (χ4v) is 0.944. The summed E-state index contributed by atoms with van der Waals surface area (Å²) in [6.45, 7) is 0.215. The van der Waals surface area contributed by atoms with Gasteiger partial charge in [0.05, 0.1) is 0 Å². The molecule has 4 amide bonds. The lowest BCUT2D eigenvalue weighted by molar-refractivity contribution is -0.140. The van der Waals surface area contributed by atoms with Crippen molar-refractivity contribution in [2.24, 2.45) is 0 Å². The van der Waals surface area contributed by atoms with Crippen molar-refractivity contribution in [3.63, 3.8) is 0 Å². The third-order valence-electron chi connectivity index (χ3n) is 1.68. The normalized spacial score (nSPS) is 17.6. The standard InChI is InChI=1S/C7H8F2N2O3/c1-7(8,9)2-3-11-5(13)4(12)10-6(11)14/h2-3H2,1H3,(H,10,12,14). The number of hydrogen-bond donors (Lipinski definition) is 1. The Morgan fingerprint density at radius 3 is 2.29 bits per heavy atom. The van der Waals surface area contributed by atoms with E-state index < -0.39 is 36.7 Å². The van der Waals surface area contributed by atoms with Gasteiger partial charge in [-0.3, -0.25) is 19.8 Å². The largest absolute Gasteiger partial charge is 0.331 e. The van der Waals surface area contributed by atoms with E-state index in [9.17, 15) is 23.2 Å². The molecule has 14 heavy (non-hydrogen) atoms. The number of nitrogens with one attached hydrogen (secondary N) is 1. The minimum atomic E-state index is -2.97. The second-order valence-corrected chi connectivity index (χ2v) is 3.04. The Labute approximate surface area is 78.0 Å². The molecule has 1 saturated heterocycles. The maximum atomic E-state index is 12.4. The number of halogens is 2. The number of rotatable bonds is 3. The summed E-state index contributed by atoms with van der Waals surface area (Å²) < 4.78 is 24.7. The summed E-state index contributed by atoms with van der Waals surface area (Å²) in [4.78, 5) is 32.8. The monoisotopic (exact) mass is 206 g/mol.